The van der Waals surface area contributed by atoms with E-state index in [-0.39, 0.29) is 18.3 Å². The third kappa shape index (κ3) is 3.61. The fourth-order valence-corrected chi connectivity index (χ4v) is 3.97. The van der Waals surface area contributed by atoms with Gasteiger partial charge >= 0.3 is 0 Å². The molecule has 1 saturated carbocycles. The van der Waals surface area contributed by atoms with Gasteiger partial charge in [-0.3, -0.25) is 0 Å². The lowest BCUT2D eigenvalue weighted by atomic mass is 9.86. The molecule has 1 aromatic heterocycles. The lowest BCUT2D eigenvalue weighted by Gasteiger charge is -2.30. The van der Waals surface area contributed by atoms with Crippen molar-refractivity contribution in [2.45, 2.75) is 69.2 Å². The number of benzene rings is 1. The Hall–Kier alpha value is -1.10. The highest BCUT2D eigenvalue weighted by atomic mass is 32.2. The van der Waals surface area contributed by atoms with Gasteiger partial charge < -0.3 is 4.57 Å². The number of aromatic nitrogens is 2. The molecule has 0 atom stereocenters. The molecule has 132 valence electrons. The van der Waals surface area contributed by atoms with Gasteiger partial charge in [0.1, 0.15) is 5.82 Å². The van der Waals surface area contributed by atoms with E-state index >= 15 is 0 Å². The number of hydrogen-bond acceptors (Lipinski definition) is 2. The summed E-state index contributed by atoms with van der Waals surface area (Å²) in [6.07, 6.45) is 3.29. The average Bonchev–Trinajstić information content (AvgIpc) is 2.87. The second-order valence-electron chi connectivity index (χ2n) is 7.95. The molecule has 0 spiro atoms. The third-order valence-electron chi connectivity index (χ3n) is 4.90. The second kappa shape index (κ2) is 6.32. The first kappa shape index (κ1) is 17.7. The van der Waals surface area contributed by atoms with Crippen LogP contribution in [0.4, 0.5) is 8.78 Å². The molecule has 3 rings (SSSR count). The first-order chi connectivity index (χ1) is 11.2. The van der Waals surface area contributed by atoms with Gasteiger partial charge in [-0.15, -0.1) is 11.8 Å². The Morgan fingerprint density at radius 3 is 2.50 bits per heavy atom. The molecule has 0 amide bonds. The minimum absolute atomic E-state index is 0.0196. The highest BCUT2D eigenvalue weighted by Crippen LogP contribution is 2.38. The Bertz CT molecular complexity index is 721. The smallest absolute Gasteiger partial charge is 0.248 e. The summed E-state index contributed by atoms with van der Waals surface area (Å²) in [5.41, 5.74) is 2.06. The molecule has 2 nitrogen and oxygen atoms in total. The number of rotatable bonds is 3. The normalized spacial score (nSPS) is 19.1. The summed E-state index contributed by atoms with van der Waals surface area (Å²) in [7, 11) is 0. The van der Waals surface area contributed by atoms with Crippen LogP contribution in [0.25, 0.3) is 11.0 Å². The van der Waals surface area contributed by atoms with E-state index in [9.17, 15) is 8.78 Å². The maximum absolute atomic E-state index is 13.4. The predicted molar refractivity (Wildman–Crippen MR) is 97.1 cm³/mol. The summed E-state index contributed by atoms with van der Waals surface area (Å²) in [6, 6.07) is 6.37. The van der Waals surface area contributed by atoms with Gasteiger partial charge in [-0.05, 0) is 43.2 Å². The number of thioether (sulfide) groups is 1. The Morgan fingerprint density at radius 1 is 1.25 bits per heavy atom. The molecule has 0 saturated heterocycles. The molecule has 1 aromatic carbocycles. The highest BCUT2D eigenvalue weighted by molar-refractivity contribution is 7.98. The largest absolute Gasteiger partial charge is 0.327 e. The van der Waals surface area contributed by atoms with Gasteiger partial charge in [0.15, 0.2) is 0 Å². The SMILES string of the molecule is CSc1ccc2c(c1)nc(C(C)(C)C)n2CC1CCC(F)(F)CC1. The van der Waals surface area contributed by atoms with E-state index in [4.69, 9.17) is 4.98 Å². The summed E-state index contributed by atoms with van der Waals surface area (Å²) < 4.78 is 29.2. The monoisotopic (exact) mass is 352 g/mol. The molecule has 1 aliphatic carbocycles. The average molecular weight is 352 g/mol. The molecular weight excluding hydrogens is 326 g/mol. The van der Waals surface area contributed by atoms with Gasteiger partial charge in [0.05, 0.1) is 11.0 Å². The maximum atomic E-state index is 13.4. The van der Waals surface area contributed by atoms with Crippen molar-refractivity contribution < 1.29 is 8.78 Å². The fourth-order valence-electron chi connectivity index (χ4n) is 3.53. The summed E-state index contributed by atoms with van der Waals surface area (Å²) >= 11 is 1.71. The van der Waals surface area contributed by atoms with E-state index < -0.39 is 5.92 Å². The fraction of sp³-hybridized carbons (Fsp3) is 0.632. The van der Waals surface area contributed by atoms with E-state index in [1.165, 1.54) is 4.90 Å². The second-order valence-corrected chi connectivity index (χ2v) is 8.83. The van der Waals surface area contributed by atoms with Crippen LogP contribution in [-0.4, -0.2) is 21.7 Å². The van der Waals surface area contributed by atoms with Crippen molar-refractivity contribution in [1.82, 2.24) is 9.55 Å². The van der Waals surface area contributed by atoms with Crippen LogP contribution in [0.2, 0.25) is 0 Å². The number of hydrogen-bond donors (Lipinski definition) is 0. The molecule has 0 radical (unpaired) electrons. The van der Waals surface area contributed by atoms with Crippen molar-refractivity contribution >= 4 is 22.8 Å². The summed E-state index contributed by atoms with van der Waals surface area (Å²) in [6.45, 7) is 7.28. The first-order valence-corrected chi connectivity index (χ1v) is 9.85. The molecule has 1 aliphatic rings. The Labute approximate surface area is 147 Å². The van der Waals surface area contributed by atoms with Crippen molar-refractivity contribution in [3.05, 3.63) is 24.0 Å². The Balaban J connectivity index is 1.96. The van der Waals surface area contributed by atoms with Crippen molar-refractivity contribution in [3.8, 4) is 0 Å². The molecule has 0 aliphatic heterocycles. The molecule has 0 N–H and O–H groups in total. The summed E-state index contributed by atoms with van der Waals surface area (Å²) in [4.78, 5) is 6.09. The lowest BCUT2D eigenvalue weighted by Crippen LogP contribution is -2.28. The Kier molecular flexibility index (Phi) is 4.67. The van der Waals surface area contributed by atoms with E-state index in [1.54, 1.807) is 11.8 Å². The molecule has 24 heavy (non-hydrogen) atoms. The minimum Gasteiger partial charge on any atom is -0.327 e. The number of nitrogens with zero attached hydrogens (tertiary/aromatic N) is 2. The first-order valence-electron chi connectivity index (χ1n) is 8.62. The number of fused-ring (bicyclic) bond motifs is 1. The van der Waals surface area contributed by atoms with Crippen molar-refractivity contribution in [3.63, 3.8) is 0 Å². The number of halogens is 2. The molecule has 1 fully saturated rings. The number of imidazole rings is 1. The predicted octanol–water partition coefficient (Wildman–Crippen LogP) is 5.88. The van der Waals surface area contributed by atoms with Crippen molar-refractivity contribution in [2.24, 2.45) is 5.92 Å². The highest BCUT2D eigenvalue weighted by Gasteiger charge is 2.35. The standard InChI is InChI=1S/C19H26F2N2S/c1-18(2,3)17-22-15-11-14(24-4)5-6-16(15)23(17)12-13-7-9-19(20,21)10-8-13/h5-6,11,13H,7-10,12H2,1-4H3. The zero-order valence-electron chi connectivity index (χ0n) is 14.9. The topological polar surface area (TPSA) is 17.8 Å². The van der Waals surface area contributed by atoms with Crippen LogP contribution in [0, 0.1) is 5.92 Å². The van der Waals surface area contributed by atoms with Crippen LogP contribution in [-0.2, 0) is 12.0 Å². The zero-order valence-corrected chi connectivity index (χ0v) is 15.7. The molecule has 0 unspecified atom stereocenters. The van der Waals surface area contributed by atoms with Crippen LogP contribution in [0.15, 0.2) is 23.1 Å². The van der Waals surface area contributed by atoms with Gasteiger partial charge in [-0.2, -0.15) is 0 Å². The van der Waals surface area contributed by atoms with Gasteiger partial charge in [0.25, 0.3) is 0 Å². The van der Waals surface area contributed by atoms with E-state index in [0.717, 1.165) is 23.4 Å². The summed E-state index contributed by atoms with van der Waals surface area (Å²) in [5.74, 6) is -1.11. The van der Waals surface area contributed by atoms with Gasteiger partial charge in [-0.1, -0.05) is 20.8 Å². The minimum atomic E-state index is -2.46. The van der Waals surface area contributed by atoms with Crippen molar-refractivity contribution in [1.29, 1.82) is 0 Å². The molecule has 2 aromatic rings. The Morgan fingerprint density at radius 2 is 1.92 bits per heavy atom. The zero-order chi connectivity index (χ0) is 17.5. The third-order valence-corrected chi connectivity index (χ3v) is 5.63. The van der Waals surface area contributed by atoms with Crippen LogP contribution in [0.1, 0.15) is 52.3 Å². The van der Waals surface area contributed by atoms with Gasteiger partial charge in [0.2, 0.25) is 5.92 Å². The van der Waals surface area contributed by atoms with Crippen LogP contribution >= 0.6 is 11.8 Å². The van der Waals surface area contributed by atoms with Crippen LogP contribution < -0.4 is 0 Å². The molecule has 5 heteroatoms. The van der Waals surface area contributed by atoms with E-state index in [1.807, 2.05) is 0 Å². The summed E-state index contributed by atoms with van der Waals surface area (Å²) in [5, 5.41) is 0. The molecule has 1 heterocycles. The lowest BCUT2D eigenvalue weighted by molar-refractivity contribution is -0.0473. The van der Waals surface area contributed by atoms with Gasteiger partial charge in [0, 0.05) is 29.7 Å². The van der Waals surface area contributed by atoms with Crippen molar-refractivity contribution in [2.75, 3.05) is 6.26 Å². The van der Waals surface area contributed by atoms with E-state index in [2.05, 4.69) is 49.8 Å². The van der Waals surface area contributed by atoms with Crippen LogP contribution in [0.5, 0.6) is 0 Å². The van der Waals surface area contributed by atoms with Crippen LogP contribution in [0.3, 0.4) is 0 Å². The quantitative estimate of drug-likeness (QED) is 0.642. The maximum Gasteiger partial charge on any atom is 0.248 e. The molecular formula is C19H26F2N2S. The van der Waals surface area contributed by atoms with Gasteiger partial charge in [-0.25, -0.2) is 13.8 Å². The molecule has 0 bridgehead atoms. The van der Waals surface area contributed by atoms with E-state index in [0.29, 0.717) is 18.8 Å². The number of alkyl halides is 2.